The molecule has 0 N–H and O–H groups in total. The zero-order valence-corrected chi connectivity index (χ0v) is 26.2. The molecule has 1 heterocycles. The van der Waals surface area contributed by atoms with Crippen LogP contribution in [0, 0.1) is 0 Å². The summed E-state index contributed by atoms with van der Waals surface area (Å²) >= 11 is 0. The standard InChI is InChI=1S/C45H31N3/c1-3-11-32(12-4-1)34-19-25-39(26-20-34)47(41-29-21-33-13-7-8-15-37(33)31-41)40-27-22-36(23-28-40)45-46-43-30-24-35-14-9-10-18-42(35)44(43)48(45)38-16-5-2-6-17-38/h1-31H. The molecule has 0 amide bonds. The van der Waals surface area contributed by atoms with Crippen LogP contribution < -0.4 is 4.90 Å². The summed E-state index contributed by atoms with van der Waals surface area (Å²) in [6.07, 6.45) is 0. The Kier molecular flexibility index (Phi) is 6.80. The summed E-state index contributed by atoms with van der Waals surface area (Å²) in [4.78, 5) is 7.55. The average Bonchev–Trinajstić information content (AvgIpc) is 3.57. The third-order valence-corrected chi connectivity index (χ3v) is 9.16. The highest BCUT2D eigenvalue weighted by atomic mass is 15.1. The van der Waals surface area contributed by atoms with Gasteiger partial charge in [0.2, 0.25) is 0 Å². The fourth-order valence-corrected chi connectivity index (χ4v) is 6.82. The molecule has 1 aromatic heterocycles. The Morgan fingerprint density at radius 2 is 0.938 bits per heavy atom. The summed E-state index contributed by atoms with van der Waals surface area (Å²) < 4.78 is 2.30. The molecule has 0 atom stereocenters. The van der Waals surface area contributed by atoms with Crippen molar-refractivity contribution in [2.24, 2.45) is 0 Å². The number of hydrogen-bond acceptors (Lipinski definition) is 2. The van der Waals surface area contributed by atoms with Crippen LogP contribution in [0.25, 0.3) is 60.8 Å². The molecule has 3 heteroatoms. The number of nitrogens with zero attached hydrogens (tertiary/aromatic N) is 3. The van der Waals surface area contributed by atoms with Gasteiger partial charge in [0.25, 0.3) is 0 Å². The van der Waals surface area contributed by atoms with E-state index in [1.54, 1.807) is 0 Å². The lowest BCUT2D eigenvalue weighted by atomic mass is 10.0. The van der Waals surface area contributed by atoms with Gasteiger partial charge < -0.3 is 4.90 Å². The van der Waals surface area contributed by atoms with Gasteiger partial charge in [-0.25, -0.2) is 4.98 Å². The van der Waals surface area contributed by atoms with Crippen LogP contribution in [0.3, 0.4) is 0 Å². The van der Waals surface area contributed by atoms with Crippen molar-refractivity contribution in [3.8, 4) is 28.2 Å². The molecule has 0 spiro atoms. The van der Waals surface area contributed by atoms with Crippen LogP contribution >= 0.6 is 0 Å². The lowest BCUT2D eigenvalue weighted by Crippen LogP contribution is -2.10. The number of fused-ring (bicyclic) bond motifs is 4. The minimum atomic E-state index is 0.920. The van der Waals surface area contributed by atoms with E-state index in [4.69, 9.17) is 4.98 Å². The first-order valence-corrected chi connectivity index (χ1v) is 16.3. The molecule has 0 unspecified atom stereocenters. The van der Waals surface area contributed by atoms with Crippen LogP contribution in [-0.2, 0) is 0 Å². The SMILES string of the molecule is c1ccc(-c2ccc(N(c3ccc(-c4nc5ccc6ccccc6c5n4-c4ccccc4)cc3)c3ccc4ccccc4c3)cc2)cc1. The number of rotatable bonds is 6. The molecule has 0 fully saturated rings. The van der Waals surface area contributed by atoms with Crippen molar-refractivity contribution in [1.82, 2.24) is 9.55 Å². The number of anilines is 3. The van der Waals surface area contributed by atoms with Crippen molar-refractivity contribution in [2.45, 2.75) is 0 Å². The van der Waals surface area contributed by atoms with Crippen molar-refractivity contribution in [3.05, 3.63) is 188 Å². The van der Waals surface area contributed by atoms with E-state index in [1.165, 1.54) is 32.7 Å². The molecule has 9 aromatic rings. The maximum Gasteiger partial charge on any atom is 0.145 e. The lowest BCUT2D eigenvalue weighted by Gasteiger charge is -2.26. The Labute approximate surface area is 279 Å². The van der Waals surface area contributed by atoms with E-state index in [-0.39, 0.29) is 0 Å². The van der Waals surface area contributed by atoms with Gasteiger partial charge >= 0.3 is 0 Å². The van der Waals surface area contributed by atoms with Crippen LogP contribution in [0.5, 0.6) is 0 Å². The van der Waals surface area contributed by atoms with E-state index in [2.05, 4.69) is 198 Å². The molecule has 0 saturated carbocycles. The highest BCUT2D eigenvalue weighted by Crippen LogP contribution is 2.39. The third kappa shape index (κ3) is 4.90. The first-order valence-electron chi connectivity index (χ1n) is 16.3. The molecular weight excluding hydrogens is 583 g/mol. The Balaban J connectivity index is 1.18. The highest BCUT2D eigenvalue weighted by Gasteiger charge is 2.18. The van der Waals surface area contributed by atoms with Gasteiger partial charge in [-0.15, -0.1) is 0 Å². The Morgan fingerprint density at radius 1 is 0.396 bits per heavy atom. The average molecular weight is 614 g/mol. The molecule has 48 heavy (non-hydrogen) atoms. The van der Waals surface area contributed by atoms with Crippen LogP contribution in [0.15, 0.2) is 188 Å². The molecule has 226 valence electrons. The van der Waals surface area contributed by atoms with Crippen LogP contribution in [0.2, 0.25) is 0 Å². The predicted octanol–water partition coefficient (Wildman–Crippen LogP) is 12.1. The highest BCUT2D eigenvalue weighted by molar-refractivity contribution is 6.06. The quantitative estimate of drug-likeness (QED) is 0.186. The first-order chi connectivity index (χ1) is 23.8. The maximum absolute atomic E-state index is 5.22. The molecule has 9 rings (SSSR count). The summed E-state index contributed by atoms with van der Waals surface area (Å²) in [5.41, 5.74) is 9.93. The van der Waals surface area contributed by atoms with Crippen molar-refractivity contribution in [2.75, 3.05) is 4.90 Å². The van der Waals surface area contributed by atoms with Crippen LogP contribution in [0.1, 0.15) is 0 Å². The van der Waals surface area contributed by atoms with Crippen molar-refractivity contribution >= 4 is 49.6 Å². The van der Waals surface area contributed by atoms with Crippen LogP contribution in [0.4, 0.5) is 17.1 Å². The second kappa shape index (κ2) is 11.7. The van der Waals surface area contributed by atoms with E-state index >= 15 is 0 Å². The zero-order chi connectivity index (χ0) is 31.9. The summed E-state index contributed by atoms with van der Waals surface area (Å²) in [6, 6.07) is 66.8. The third-order valence-electron chi connectivity index (χ3n) is 9.16. The van der Waals surface area contributed by atoms with Gasteiger partial charge in [0.15, 0.2) is 0 Å². The fraction of sp³-hybridized carbons (Fsp3) is 0. The summed E-state index contributed by atoms with van der Waals surface area (Å²) in [5, 5.41) is 4.83. The van der Waals surface area contributed by atoms with E-state index in [0.29, 0.717) is 0 Å². The monoisotopic (exact) mass is 613 g/mol. The zero-order valence-electron chi connectivity index (χ0n) is 26.2. The molecular formula is C45H31N3. The Morgan fingerprint density at radius 3 is 1.67 bits per heavy atom. The number of benzene rings is 8. The first kappa shape index (κ1) is 27.8. The molecule has 0 bridgehead atoms. The van der Waals surface area contributed by atoms with Gasteiger partial charge in [-0.2, -0.15) is 0 Å². The van der Waals surface area contributed by atoms with E-state index in [1.807, 2.05) is 0 Å². The molecule has 0 aliphatic rings. The second-order valence-corrected chi connectivity index (χ2v) is 12.1. The van der Waals surface area contributed by atoms with Gasteiger partial charge in [-0.3, -0.25) is 4.57 Å². The number of aromatic nitrogens is 2. The van der Waals surface area contributed by atoms with E-state index < -0.39 is 0 Å². The van der Waals surface area contributed by atoms with Crippen molar-refractivity contribution in [3.63, 3.8) is 0 Å². The number of para-hydroxylation sites is 1. The molecule has 0 aliphatic carbocycles. The summed E-state index contributed by atoms with van der Waals surface area (Å²) in [7, 11) is 0. The fourth-order valence-electron chi connectivity index (χ4n) is 6.82. The molecule has 0 aliphatic heterocycles. The number of hydrogen-bond donors (Lipinski definition) is 0. The molecule has 0 radical (unpaired) electrons. The summed E-state index contributed by atoms with van der Waals surface area (Å²) in [5.74, 6) is 0.920. The predicted molar refractivity (Wildman–Crippen MR) is 202 cm³/mol. The Bertz CT molecular complexity index is 2530. The minimum absolute atomic E-state index is 0.920. The van der Waals surface area contributed by atoms with Crippen molar-refractivity contribution in [1.29, 1.82) is 0 Å². The molecule has 3 nitrogen and oxygen atoms in total. The largest absolute Gasteiger partial charge is 0.310 e. The Hall–Kier alpha value is -6.45. The van der Waals surface area contributed by atoms with E-state index in [9.17, 15) is 0 Å². The van der Waals surface area contributed by atoms with E-state index in [0.717, 1.165) is 45.2 Å². The van der Waals surface area contributed by atoms with Crippen molar-refractivity contribution < 1.29 is 0 Å². The van der Waals surface area contributed by atoms with Gasteiger partial charge in [-0.05, 0) is 94.0 Å². The lowest BCUT2D eigenvalue weighted by molar-refractivity contribution is 1.11. The van der Waals surface area contributed by atoms with Gasteiger partial charge in [0.1, 0.15) is 5.82 Å². The van der Waals surface area contributed by atoms with Gasteiger partial charge in [0, 0.05) is 33.7 Å². The summed E-state index contributed by atoms with van der Waals surface area (Å²) in [6.45, 7) is 0. The van der Waals surface area contributed by atoms with Gasteiger partial charge in [-0.1, -0.05) is 121 Å². The smallest absolute Gasteiger partial charge is 0.145 e. The second-order valence-electron chi connectivity index (χ2n) is 12.1. The normalized spacial score (nSPS) is 11.3. The van der Waals surface area contributed by atoms with Gasteiger partial charge in [0.05, 0.1) is 11.0 Å². The topological polar surface area (TPSA) is 21.1 Å². The minimum Gasteiger partial charge on any atom is -0.310 e. The molecule has 0 saturated heterocycles. The van der Waals surface area contributed by atoms with Crippen LogP contribution in [-0.4, -0.2) is 9.55 Å². The molecule has 8 aromatic carbocycles. The maximum atomic E-state index is 5.22. The number of imidazole rings is 1.